The SMILES string of the molecule is CCC(OC)C(C)C(CO)C(O)C(C)/C=C/C=C(\C)CC1OC(=O)CC(O)CCC(C)(O)C(OC=O)/C=C/C1C.c1ccc(N2CCNCC2)nc1. The van der Waals surface area contributed by atoms with Crippen molar-refractivity contribution in [1.29, 1.82) is 0 Å². The average molecular weight is 732 g/mol. The minimum Gasteiger partial charge on any atom is -0.461 e. The van der Waals surface area contributed by atoms with E-state index in [-0.39, 0.29) is 62.1 Å². The van der Waals surface area contributed by atoms with Crippen LogP contribution in [-0.2, 0) is 23.8 Å². The number of piperazine rings is 1. The van der Waals surface area contributed by atoms with Gasteiger partial charge in [-0.2, -0.15) is 0 Å². The Morgan fingerprint density at radius 2 is 1.94 bits per heavy atom. The molecule has 0 aliphatic carbocycles. The maximum absolute atomic E-state index is 12.6. The highest BCUT2D eigenvalue weighted by Crippen LogP contribution is 2.28. The first kappa shape index (κ1) is 45.0. The van der Waals surface area contributed by atoms with Crippen LogP contribution in [0.15, 0.2) is 60.3 Å². The van der Waals surface area contributed by atoms with E-state index >= 15 is 0 Å². The van der Waals surface area contributed by atoms with E-state index in [1.165, 1.54) is 6.92 Å². The summed E-state index contributed by atoms with van der Waals surface area (Å²) < 4.78 is 16.4. The molecule has 0 bridgehead atoms. The topological polar surface area (TPSA) is 171 Å². The van der Waals surface area contributed by atoms with Crippen molar-refractivity contribution < 1.29 is 44.2 Å². The summed E-state index contributed by atoms with van der Waals surface area (Å²) in [5, 5.41) is 45.3. The maximum atomic E-state index is 12.6. The number of allylic oxidation sites excluding steroid dienone is 2. The number of carbonyl (C=O) groups is 2. The minimum absolute atomic E-state index is 0.0211. The molecule has 294 valence electrons. The van der Waals surface area contributed by atoms with Crippen molar-refractivity contribution in [3.63, 3.8) is 0 Å². The number of aromatic nitrogens is 1. The van der Waals surface area contributed by atoms with Crippen LogP contribution in [0.5, 0.6) is 0 Å². The number of methoxy groups -OCH3 is 1. The lowest BCUT2D eigenvalue weighted by Gasteiger charge is -2.33. The molecule has 0 saturated carbocycles. The van der Waals surface area contributed by atoms with Gasteiger partial charge < -0.3 is 44.9 Å². The number of aliphatic hydroxyl groups is 4. The fourth-order valence-electron chi connectivity index (χ4n) is 6.64. The molecule has 10 atom stereocenters. The molecule has 1 aromatic heterocycles. The Bertz CT molecular complexity index is 1250. The molecule has 3 rings (SSSR count). The lowest BCUT2D eigenvalue weighted by Crippen LogP contribution is -2.43. The zero-order chi connectivity index (χ0) is 38.7. The van der Waals surface area contributed by atoms with Gasteiger partial charge in [-0.25, -0.2) is 4.98 Å². The molecule has 3 heterocycles. The van der Waals surface area contributed by atoms with E-state index in [0.29, 0.717) is 6.42 Å². The number of rotatable bonds is 14. The molecule has 12 nitrogen and oxygen atoms in total. The Morgan fingerprint density at radius 3 is 2.54 bits per heavy atom. The largest absolute Gasteiger partial charge is 0.461 e. The van der Waals surface area contributed by atoms with Gasteiger partial charge in [0.2, 0.25) is 0 Å². The lowest BCUT2D eigenvalue weighted by atomic mass is 9.80. The summed E-state index contributed by atoms with van der Waals surface area (Å²) in [4.78, 5) is 30.2. The molecular formula is C40H65N3O9. The molecule has 2 aliphatic heterocycles. The second-order valence-corrected chi connectivity index (χ2v) is 14.4. The van der Waals surface area contributed by atoms with E-state index in [9.17, 15) is 30.0 Å². The van der Waals surface area contributed by atoms with Gasteiger partial charge in [-0.3, -0.25) is 9.59 Å². The van der Waals surface area contributed by atoms with Crippen LogP contribution >= 0.6 is 0 Å². The van der Waals surface area contributed by atoms with Crippen LogP contribution in [0.25, 0.3) is 0 Å². The Kier molecular flexibility index (Phi) is 20.4. The molecule has 52 heavy (non-hydrogen) atoms. The van der Waals surface area contributed by atoms with Crippen molar-refractivity contribution in [1.82, 2.24) is 10.3 Å². The minimum atomic E-state index is -1.41. The highest BCUT2D eigenvalue weighted by Gasteiger charge is 2.34. The third-order valence-corrected chi connectivity index (χ3v) is 10.2. The molecular weight excluding hydrogens is 666 g/mol. The fourth-order valence-corrected chi connectivity index (χ4v) is 6.64. The first-order valence-electron chi connectivity index (χ1n) is 18.7. The first-order valence-corrected chi connectivity index (χ1v) is 18.7. The Balaban J connectivity index is 0.000000646. The van der Waals surface area contributed by atoms with Crippen molar-refractivity contribution in [2.24, 2.45) is 23.7 Å². The smallest absolute Gasteiger partial charge is 0.308 e. The highest BCUT2D eigenvalue weighted by molar-refractivity contribution is 5.70. The van der Waals surface area contributed by atoms with E-state index in [2.05, 4.69) is 21.3 Å². The molecule has 12 heteroatoms. The van der Waals surface area contributed by atoms with E-state index in [0.717, 1.165) is 44.0 Å². The molecule has 0 aromatic carbocycles. The van der Waals surface area contributed by atoms with E-state index in [1.54, 1.807) is 19.3 Å². The fraction of sp³-hybridized carbons (Fsp3) is 0.675. The van der Waals surface area contributed by atoms with Gasteiger partial charge >= 0.3 is 5.97 Å². The highest BCUT2D eigenvalue weighted by atomic mass is 16.5. The standard InChI is InChI=1S/C31H52O9.C9H13N3/c1-8-26(38-7)23(5)25(18-32)30(36)22(4)11-9-10-20(2)16-27-21(3)12-13-28(39-19-33)31(6,37)15-14-24(34)17-29(35)40-27;1-2-4-11-9(3-1)12-7-5-10-6-8-12/h9-13,19,21-28,30,32,34,36-37H,8,14-18H2,1-7H3;1-4,10H,5-8H2/b11-9+,13-12+,20-10+;. The molecule has 1 fully saturated rings. The summed E-state index contributed by atoms with van der Waals surface area (Å²) in [5.41, 5.74) is -0.485. The quantitative estimate of drug-likeness (QED) is 0.0809. The van der Waals surface area contributed by atoms with E-state index in [4.69, 9.17) is 14.2 Å². The van der Waals surface area contributed by atoms with Crippen LogP contribution < -0.4 is 10.2 Å². The summed E-state index contributed by atoms with van der Waals surface area (Å²) in [7, 11) is 1.64. The van der Waals surface area contributed by atoms with Crippen molar-refractivity contribution in [2.75, 3.05) is 44.8 Å². The zero-order valence-corrected chi connectivity index (χ0v) is 32.3. The number of cyclic esters (lactones) is 1. The lowest BCUT2D eigenvalue weighted by molar-refractivity contribution is -0.153. The van der Waals surface area contributed by atoms with Gasteiger partial charge in [0.25, 0.3) is 6.47 Å². The van der Waals surface area contributed by atoms with Crippen molar-refractivity contribution in [2.45, 2.75) is 110 Å². The number of nitrogens with one attached hydrogen (secondary N) is 1. The van der Waals surface area contributed by atoms with Gasteiger partial charge in [0.05, 0.1) is 24.7 Å². The Hall–Kier alpha value is -3.13. The zero-order valence-electron chi connectivity index (χ0n) is 32.3. The number of nitrogens with zero attached hydrogens (tertiary/aromatic N) is 2. The second kappa shape index (κ2) is 23.5. The second-order valence-electron chi connectivity index (χ2n) is 14.4. The van der Waals surface area contributed by atoms with Crippen molar-refractivity contribution in [3.8, 4) is 0 Å². The van der Waals surface area contributed by atoms with Crippen LogP contribution in [-0.4, -0.2) is 114 Å². The summed E-state index contributed by atoms with van der Waals surface area (Å²) in [5.74, 6) is -0.277. The van der Waals surface area contributed by atoms with Crippen LogP contribution in [0.4, 0.5) is 5.82 Å². The number of hydrogen-bond donors (Lipinski definition) is 5. The molecule has 0 radical (unpaired) electrons. The first-order chi connectivity index (χ1) is 24.8. The number of esters is 1. The average Bonchev–Trinajstić information content (AvgIpc) is 3.13. The molecule has 1 saturated heterocycles. The Labute approximate surface area is 310 Å². The molecule has 1 aromatic rings. The molecule has 10 unspecified atom stereocenters. The van der Waals surface area contributed by atoms with Crippen LogP contribution in [0.1, 0.15) is 73.6 Å². The van der Waals surface area contributed by atoms with Gasteiger partial charge in [-0.15, -0.1) is 0 Å². The monoisotopic (exact) mass is 731 g/mol. The van der Waals surface area contributed by atoms with Crippen LogP contribution in [0.2, 0.25) is 0 Å². The predicted octanol–water partition coefficient (Wildman–Crippen LogP) is 3.98. The third-order valence-electron chi connectivity index (χ3n) is 10.2. The summed E-state index contributed by atoms with van der Waals surface area (Å²) >= 11 is 0. The Morgan fingerprint density at radius 1 is 1.23 bits per heavy atom. The molecule has 0 spiro atoms. The summed E-state index contributed by atoms with van der Waals surface area (Å²) in [6.07, 6.45) is 8.83. The molecule has 0 amide bonds. The van der Waals surface area contributed by atoms with Gasteiger partial charge in [0, 0.05) is 70.3 Å². The van der Waals surface area contributed by atoms with Gasteiger partial charge in [0.1, 0.15) is 23.6 Å². The van der Waals surface area contributed by atoms with Crippen LogP contribution in [0.3, 0.4) is 0 Å². The number of ether oxygens (including phenoxy) is 3. The van der Waals surface area contributed by atoms with E-state index in [1.807, 2.05) is 71.2 Å². The van der Waals surface area contributed by atoms with Crippen molar-refractivity contribution >= 4 is 18.3 Å². The normalized spacial score (nSPS) is 28.5. The number of hydrogen-bond acceptors (Lipinski definition) is 12. The third kappa shape index (κ3) is 15.1. The molecule has 2 aliphatic rings. The van der Waals surface area contributed by atoms with Crippen LogP contribution in [0, 0.1) is 23.7 Å². The van der Waals surface area contributed by atoms with Crippen molar-refractivity contribution in [3.05, 3.63) is 60.3 Å². The number of anilines is 1. The summed E-state index contributed by atoms with van der Waals surface area (Å²) in [6, 6.07) is 6.04. The predicted molar refractivity (Wildman–Crippen MR) is 202 cm³/mol. The van der Waals surface area contributed by atoms with Gasteiger partial charge in [-0.05, 0) is 57.2 Å². The van der Waals surface area contributed by atoms with E-state index < -0.39 is 36.0 Å². The maximum Gasteiger partial charge on any atom is 0.308 e. The number of pyridine rings is 1. The summed E-state index contributed by atoms with van der Waals surface area (Å²) in [6.45, 7) is 15.6. The molecule has 5 N–H and O–H groups in total. The number of carbonyl (C=O) groups excluding carboxylic acids is 2. The number of aliphatic hydroxyl groups excluding tert-OH is 3. The van der Waals surface area contributed by atoms with Gasteiger partial charge in [0.15, 0.2) is 0 Å². The van der Waals surface area contributed by atoms with Gasteiger partial charge in [-0.1, -0.05) is 63.6 Å².